The Balaban J connectivity index is 2.20. The van der Waals surface area contributed by atoms with E-state index in [4.69, 9.17) is 4.74 Å². The maximum absolute atomic E-state index is 12.7. The molecule has 1 N–H and O–H groups in total. The molecule has 2 unspecified atom stereocenters. The molecular formula is C29H55N3O3. The number of hydrogen-bond donors (Lipinski definition) is 1. The molecule has 0 amide bonds. The van der Waals surface area contributed by atoms with Crippen molar-refractivity contribution in [2.24, 2.45) is 5.92 Å². The molecule has 1 heterocycles. The fraction of sp³-hybridized carbons (Fsp3) is 0.862. The molecular weight excluding hydrogens is 438 g/mol. The molecule has 2 atom stereocenters. The van der Waals surface area contributed by atoms with Crippen molar-refractivity contribution in [3.05, 3.63) is 18.2 Å². The molecule has 0 saturated heterocycles. The number of rotatable bonds is 23. The SMILES string of the molecule is CCCCCCCCC(CCCCCC)C(=O)OCCCCC(O)CN(C)CCn1ccnc1C. The zero-order valence-electron chi connectivity index (χ0n) is 23.3. The van der Waals surface area contributed by atoms with Gasteiger partial charge in [-0.1, -0.05) is 78.1 Å². The second-order valence-electron chi connectivity index (χ2n) is 10.3. The lowest BCUT2D eigenvalue weighted by atomic mass is 9.94. The van der Waals surface area contributed by atoms with Crippen LogP contribution in [0.15, 0.2) is 12.4 Å². The molecule has 1 aromatic rings. The lowest BCUT2D eigenvalue weighted by Crippen LogP contribution is -2.31. The lowest BCUT2D eigenvalue weighted by molar-refractivity contribution is -0.149. The normalized spacial score (nSPS) is 13.3. The van der Waals surface area contributed by atoms with E-state index in [-0.39, 0.29) is 18.0 Å². The molecule has 0 saturated carbocycles. The summed E-state index contributed by atoms with van der Waals surface area (Å²) in [6.45, 7) is 9.36. The highest BCUT2D eigenvalue weighted by atomic mass is 16.5. The van der Waals surface area contributed by atoms with E-state index in [1.54, 1.807) is 0 Å². The zero-order valence-corrected chi connectivity index (χ0v) is 23.3. The number of aryl methyl sites for hydroxylation is 1. The van der Waals surface area contributed by atoms with Crippen molar-refractivity contribution in [1.82, 2.24) is 14.5 Å². The van der Waals surface area contributed by atoms with Crippen LogP contribution in [-0.4, -0.2) is 58.4 Å². The number of nitrogens with zero attached hydrogens (tertiary/aromatic N) is 3. The summed E-state index contributed by atoms with van der Waals surface area (Å²) in [6, 6.07) is 0. The maximum Gasteiger partial charge on any atom is 0.308 e. The molecule has 35 heavy (non-hydrogen) atoms. The predicted octanol–water partition coefficient (Wildman–Crippen LogP) is 6.53. The van der Waals surface area contributed by atoms with Gasteiger partial charge in [-0.3, -0.25) is 4.79 Å². The first-order valence-electron chi connectivity index (χ1n) is 14.5. The van der Waals surface area contributed by atoms with Crippen molar-refractivity contribution >= 4 is 5.97 Å². The molecule has 0 aliphatic rings. The number of aliphatic hydroxyl groups excluding tert-OH is 1. The predicted molar refractivity (Wildman–Crippen MR) is 146 cm³/mol. The fourth-order valence-corrected chi connectivity index (χ4v) is 4.60. The third kappa shape index (κ3) is 16.1. The fourth-order valence-electron chi connectivity index (χ4n) is 4.60. The van der Waals surface area contributed by atoms with Crippen LogP contribution in [0.1, 0.15) is 116 Å². The van der Waals surface area contributed by atoms with E-state index in [2.05, 4.69) is 28.3 Å². The highest BCUT2D eigenvalue weighted by molar-refractivity contribution is 5.72. The number of imidazole rings is 1. The number of esters is 1. The van der Waals surface area contributed by atoms with Gasteiger partial charge in [-0.05, 0) is 46.1 Å². The van der Waals surface area contributed by atoms with Crippen LogP contribution >= 0.6 is 0 Å². The summed E-state index contributed by atoms with van der Waals surface area (Å²) >= 11 is 0. The molecule has 204 valence electrons. The van der Waals surface area contributed by atoms with E-state index in [1.165, 1.54) is 51.4 Å². The van der Waals surface area contributed by atoms with Crippen LogP contribution in [0.2, 0.25) is 0 Å². The number of carbonyl (C=O) groups excluding carboxylic acids is 1. The molecule has 1 aromatic heterocycles. The van der Waals surface area contributed by atoms with Crippen LogP contribution < -0.4 is 0 Å². The molecule has 6 heteroatoms. The van der Waals surface area contributed by atoms with Crippen molar-refractivity contribution in [3.63, 3.8) is 0 Å². The first-order valence-corrected chi connectivity index (χ1v) is 14.5. The summed E-state index contributed by atoms with van der Waals surface area (Å²) in [5.74, 6) is 1.09. The minimum Gasteiger partial charge on any atom is -0.465 e. The summed E-state index contributed by atoms with van der Waals surface area (Å²) in [5.41, 5.74) is 0. The Morgan fingerprint density at radius 2 is 1.57 bits per heavy atom. The van der Waals surface area contributed by atoms with Gasteiger partial charge in [0, 0.05) is 32.0 Å². The van der Waals surface area contributed by atoms with Crippen molar-refractivity contribution in [3.8, 4) is 0 Å². The maximum atomic E-state index is 12.7. The van der Waals surface area contributed by atoms with Crippen molar-refractivity contribution in [1.29, 1.82) is 0 Å². The van der Waals surface area contributed by atoms with E-state index in [1.807, 2.05) is 26.4 Å². The third-order valence-corrected chi connectivity index (χ3v) is 6.99. The van der Waals surface area contributed by atoms with Gasteiger partial charge in [-0.2, -0.15) is 0 Å². The van der Waals surface area contributed by atoms with Crippen molar-refractivity contribution in [2.75, 3.05) is 26.7 Å². The Morgan fingerprint density at radius 1 is 0.971 bits per heavy atom. The molecule has 0 radical (unpaired) electrons. The number of ether oxygens (including phenoxy) is 1. The quantitative estimate of drug-likeness (QED) is 0.139. The average Bonchev–Trinajstić information content (AvgIpc) is 3.25. The summed E-state index contributed by atoms with van der Waals surface area (Å²) in [4.78, 5) is 19.1. The van der Waals surface area contributed by atoms with Gasteiger partial charge in [0.05, 0.1) is 18.6 Å². The summed E-state index contributed by atoms with van der Waals surface area (Å²) in [5, 5.41) is 10.4. The van der Waals surface area contributed by atoms with Crippen LogP contribution in [-0.2, 0) is 16.1 Å². The largest absolute Gasteiger partial charge is 0.465 e. The number of aromatic nitrogens is 2. The Kier molecular flexibility index (Phi) is 18.8. The standard InChI is InChI=1S/C29H55N3O3/c1-5-7-9-11-12-14-18-27(17-13-10-8-6-2)29(34)35-24-16-15-19-28(33)25-31(4)22-23-32-21-20-30-26(32)3/h20-21,27-28,33H,5-19,22-25H2,1-4H3. The first-order chi connectivity index (χ1) is 17.0. The van der Waals surface area contributed by atoms with Crippen molar-refractivity contribution < 1.29 is 14.6 Å². The van der Waals surface area contributed by atoms with Gasteiger partial charge in [0.25, 0.3) is 0 Å². The second-order valence-corrected chi connectivity index (χ2v) is 10.3. The number of aliphatic hydroxyl groups is 1. The Labute approximate surface area is 215 Å². The van der Waals surface area contributed by atoms with Crippen LogP contribution in [0.25, 0.3) is 0 Å². The topological polar surface area (TPSA) is 67.6 Å². The van der Waals surface area contributed by atoms with E-state index in [9.17, 15) is 9.90 Å². The minimum absolute atomic E-state index is 0.00475. The van der Waals surface area contributed by atoms with Gasteiger partial charge in [0.2, 0.25) is 0 Å². The third-order valence-electron chi connectivity index (χ3n) is 6.99. The summed E-state index contributed by atoms with van der Waals surface area (Å²) in [7, 11) is 2.04. The van der Waals surface area contributed by atoms with Gasteiger partial charge < -0.3 is 19.3 Å². The lowest BCUT2D eigenvalue weighted by Gasteiger charge is -2.21. The number of likely N-dealkylation sites (N-methyl/N-ethyl adjacent to an activating group) is 1. The van der Waals surface area contributed by atoms with E-state index < -0.39 is 0 Å². The Bertz CT molecular complexity index is 634. The van der Waals surface area contributed by atoms with Gasteiger partial charge in [-0.25, -0.2) is 4.98 Å². The zero-order chi connectivity index (χ0) is 25.7. The number of unbranched alkanes of at least 4 members (excludes halogenated alkanes) is 9. The van der Waals surface area contributed by atoms with E-state index in [0.29, 0.717) is 13.2 Å². The van der Waals surface area contributed by atoms with Crippen LogP contribution in [0.3, 0.4) is 0 Å². The smallest absolute Gasteiger partial charge is 0.308 e. The van der Waals surface area contributed by atoms with Crippen LogP contribution in [0.5, 0.6) is 0 Å². The Morgan fingerprint density at radius 3 is 2.20 bits per heavy atom. The monoisotopic (exact) mass is 493 g/mol. The molecule has 0 spiro atoms. The Hall–Kier alpha value is -1.40. The minimum atomic E-state index is -0.349. The van der Waals surface area contributed by atoms with E-state index >= 15 is 0 Å². The van der Waals surface area contributed by atoms with E-state index in [0.717, 1.165) is 63.9 Å². The molecule has 0 aliphatic heterocycles. The highest BCUT2D eigenvalue weighted by Gasteiger charge is 2.19. The van der Waals surface area contributed by atoms with Crippen LogP contribution in [0, 0.1) is 12.8 Å². The summed E-state index contributed by atoms with van der Waals surface area (Å²) < 4.78 is 7.80. The summed E-state index contributed by atoms with van der Waals surface area (Å²) in [6.07, 6.45) is 20.2. The molecule has 0 aromatic carbocycles. The highest BCUT2D eigenvalue weighted by Crippen LogP contribution is 2.20. The van der Waals surface area contributed by atoms with Gasteiger partial charge in [-0.15, -0.1) is 0 Å². The molecule has 0 fully saturated rings. The van der Waals surface area contributed by atoms with Crippen LogP contribution in [0.4, 0.5) is 0 Å². The molecule has 1 rings (SSSR count). The average molecular weight is 494 g/mol. The molecule has 6 nitrogen and oxygen atoms in total. The molecule has 0 bridgehead atoms. The first kappa shape index (κ1) is 31.6. The second kappa shape index (κ2) is 20.8. The number of carbonyl (C=O) groups is 1. The van der Waals surface area contributed by atoms with Gasteiger partial charge in [0.1, 0.15) is 5.82 Å². The molecule has 0 aliphatic carbocycles. The number of hydrogen-bond acceptors (Lipinski definition) is 5. The van der Waals surface area contributed by atoms with Gasteiger partial charge >= 0.3 is 5.97 Å². The van der Waals surface area contributed by atoms with Crippen molar-refractivity contribution in [2.45, 2.75) is 130 Å². The van der Waals surface area contributed by atoms with Gasteiger partial charge in [0.15, 0.2) is 0 Å².